The first-order valence-electron chi connectivity index (χ1n) is 6.89. The van der Waals surface area contributed by atoms with Crippen LogP contribution in [0.2, 0.25) is 0 Å². The van der Waals surface area contributed by atoms with Gasteiger partial charge in [0.1, 0.15) is 11.6 Å². The minimum Gasteiger partial charge on any atom is -0.493 e. The van der Waals surface area contributed by atoms with Gasteiger partial charge in [-0.3, -0.25) is 0 Å². The van der Waals surface area contributed by atoms with E-state index in [4.69, 9.17) is 10.5 Å². The van der Waals surface area contributed by atoms with Gasteiger partial charge in [-0.2, -0.15) is 0 Å². The van der Waals surface area contributed by atoms with E-state index in [-0.39, 0.29) is 11.4 Å². The number of benzene rings is 1. The molecule has 0 radical (unpaired) electrons. The summed E-state index contributed by atoms with van der Waals surface area (Å²) < 4.78 is 19.3. The van der Waals surface area contributed by atoms with Crippen molar-refractivity contribution >= 4 is 0 Å². The van der Waals surface area contributed by atoms with Crippen molar-refractivity contribution in [1.29, 1.82) is 0 Å². The predicted octanol–water partition coefficient (Wildman–Crippen LogP) is 3.34. The Morgan fingerprint density at radius 2 is 2.06 bits per heavy atom. The Balaban J connectivity index is 1.78. The minimum atomic E-state index is -0.364. The van der Waals surface area contributed by atoms with E-state index >= 15 is 0 Å². The maximum atomic E-state index is 13.4. The average molecular weight is 249 g/mol. The SMILES string of the molecule is NC1(c2cc(F)ccc2OCC2CCC2)CCC1. The Morgan fingerprint density at radius 1 is 1.28 bits per heavy atom. The van der Waals surface area contributed by atoms with Crippen LogP contribution in [0.15, 0.2) is 18.2 Å². The predicted molar refractivity (Wildman–Crippen MR) is 69.0 cm³/mol. The molecule has 2 fully saturated rings. The monoisotopic (exact) mass is 249 g/mol. The summed E-state index contributed by atoms with van der Waals surface area (Å²) >= 11 is 0. The van der Waals surface area contributed by atoms with E-state index in [1.165, 1.54) is 25.3 Å². The normalized spacial score (nSPS) is 22.1. The lowest BCUT2D eigenvalue weighted by Crippen LogP contribution is -2.43. The highest BCUT2D eigenvalue weighted by atomic mass is 19.1. The molecule has 0 aliphatic heterocycles. The summed E-state index contributed by atoms with van der Waals surface area (Å²) in [4.78, 5) is 0. The van der Waals surface area contributed by atoms with Crippen LogP contribution in [0, 0.1) is 11.7 Å². The van der Waals surface area contributed by atoms with Gasteiger partial charge in [0.05, 0.1) is 6.61 Å². The van der Waals surface area contributed by atoms with Gasteiger partial charge in [0.25, 0.3) is 0 Å². The zero-order chi connectivity index (χ0) is 12.6. The van der Waals surface area contributed by atoms with E-state index < -0.39 is 0 Å². The van der Waals surface area contributed by atoms with Crippen molar-refractivity contribution in [2.45, 2.75) is 44.1 Å². The van der Waals surface area contributed by atoms with Gasteiger partial charge in [0.2, 0.25) is 0 Å². The van der Waals surface area contributed by atoms with E-state index in [0.29, 0.717) is 5.92 Å². The van der Waals surface area contributed by atoms with E-state index in [1.807, 2.05) is 0 Å². The Bertz CT molecular complexity index is 438. The highest BCUT2D eigenvalue weighted by molar-refractivity contribution is 5.40. The van der Waals surface area contributed by atoms with Gasteiger partial charge in [-0.05, 0) is 56.2 Å². The van der Waals surface area contributed by atoms with Crippen molar-refractivity contribution in [1.82, 2.24) is 0 Å². The molecule has 0 bridgehead atoms. The quantitative estimate of drug-likeness (QED) is 0.888. The number of ether oxygens (including phenoxy) is 1. The zero-order valence-corrected chi connectivity index (χ0v) is 10.6. The molecule has 3 rings (SSSR count). The smallest absolute Gasteiger partial charge is 0.124 e. The van der Waals surface area contributed by atoms with Crippen molar-refractivity contribution in [3.8, 4) is 5.75 Å². The van der Waals surface area contributed by atoms with E-state index in [0.717, 1.165) is 37.2 Å². The van der Waals surface area contributed by atoms with Crippen molar-refractivity contribution < 1.29 is 9.13 Å². The molecule has 1 aromatic rings. The second-order valence-electron chi connectivity index (χ2n) is 5.76. The molecule has 0 saturated heterocycles. The first-order valence-corrected chi connectivity index (χ1v) is 6.89. The molecule has 0 unspecified atom stereocenters. The van der Waals surface area contributed by atoms with Crippen LogP contribution in [-0.2, 0) is 5.54 Å². The molecule has 1 aromatic carbocycles. The second kappa shape index (κ2) is 4.54. The molecule has 0 heterocycles. The summed E-state index contributed by atoms with van der Waals surface area (Å²) in [7, 11) is 0. The van der Waals surface area contributed by atoms with E-state index in [1.54, 1.807) is 12.1 Å². The summed E-state index contributed by atoms with van der Waals surface area (Å²) in [5.41, 5.74) is 6.79. The highest BCUT2D eigenvalue weighted by Gasteiger charge is 2.37. The van der Waals surface area contributed by atoms with Crippen LogP contribution in [0.4, 0.5) is 4.39 Å². The van der Waals surface area contributed by atoms with Crippen molar-refractivity contribution in [2.75, 3.05) is 6.61 Å². The standard InChI is InChI=1S/C15H20FNO/c16-12-5-6-14(18-10-11-3-1-4-11)13(9-12)15(17)7-2-8-15/h5-6,9,11H,1-4,7-8,10,17H2. The lowest BCUT2D eigenvalue weighted by atomic mass is 9.72. The van der Waals surface area contributed by atoms with Crippen LogP contribution in [-0.4, -0.2) is 6.61 Å². The first kappa shape index (κ1) is 12.0. The third kappa shape index (κ3) is 2.12. The first-order chi connectivity index (χ1) is 8.67. The summed E-state index contributed by atoms with van der Waals surface area (Å²) in [6.45, 7) is 0.745. The Hall–Kier alpha value is -1.09. The fourth-order valence-electron chi connectivity index (χ4n) is 2.71. The van der Waals surface area contributed by atoms with Crippen LogP contribution < -0.4 is 10.5 Å². The average Bonchev–Trinajstić information content (AvgIpc) is 2.25. The summed E-state index contributed by atoms with van der Waals surface area (Å²) in [5.74, 6) is 1.24. The molecule has 2 saturated carbocycles. The lowest BCUT2D eigenvalue weighted by molar-refractivity contribution is 0.171. The van der Waals surface area contributed by atoms with Gasteiger partial charge in [-0.25, -0.2) is 4.39 Å². The molecule has 3 heteroatoms. The van der Waals surface area contributed by atoms with Gasteiger partial charge in [-0.15, -0.1) is 0 Å². The third-order valence-corrected chi connectivity index (χ3v) is 4.42. The number of nitrogens with two attached hydrogens (primary N) is 1. The van der Waals surface area contributed by atoms with Crippen LogP contribution in [0.3, 0.4) is 0 Å². The minimum absolute atomic E-state index is 0.224. The van der Waals surface area contributed by atoms with Gasteiger partial charge < -0.3 is 10.5 Å². The van der Waals surface area contributed by atoms with Crippen molar-refractivity contribution in [3.05, 3.63) is 29.6 Å². The van der Waals surface area contributed by atoms with Crippen LogP contribution in [0.25, 0.3) is 0 Å². The van der Waals surface area contributed by atoms with E-state index in [2.05, 4.69) is 0 Å². The maximum absolute atomic E-state index is 13.4. The number of rotatable bonds is 4. The Labute approximate surface area is 107 Å². The maximum Gasteiger partial charge on any atom is 0.124 e. The van der Waals surface area contributed by atoms with Crippen LogP contribution >= 0.6 is 0 Å². The van der Waals surface area contributed by atoms with Gasteiger partial charge in [0, 0.05) is 11.1 Å². The molecular weight excluding hydrogens is 229 g/mol. The fraction of sp³-hybridized carbons (Fsp3) is 0.600. The Morgan fingerprint density at radius 3 is 2.61 bits per heavy atom. The largest absolute Gasteiger partial charge is 0.493 e. The van der Waals surface area contributed by atoms with Gasteiger partial charge in [0.15, 0.2) is 0 Å². The van der Waals surface area contributed by atoms with E-state index in [9.17, 15) is 4.39 Å². The summed E-state index contributed by atoms with van der Waals surface area (Å²) in [5, 5.41) is 0. The molecule has 0 spiro atoms. The molecule has 2 aliphatic rings. The van der Waals surface area contributed by atoms with Crippen LogP contribution in [0.1, 0.15) is 44.1 Å². The number of halogens is 1. The molecule has 0 atom stereocenters. The second-order valence-corrected chi connectivity index (χ2v) is 5.76. The molecule has 2 nitrogen and oxygen atoms in total. The molecule has 2 N–H and O–H groups in total. The molecule has 18 heavy (non-hydrogen) atoms. The third-order valence-electron chi connectivity index (χ3n) is 4.42. The molecule has 98 valence electrons. The fourth-order valence-corrected chi connectivity index (χ4v) is 2.71. The topological polar surface area (TPSA) is 35.2 Å². The lowest BCUT2D eigenvalue weighted by Gasteiger charge is -2.39. The van der Waals surface area contributed by atoms with Crippen molar-refractivity contribution in [2.24, 2.45) is 11.7 Å². The van der Waals surface area contributed by atoms with Gasteiger partial charge >= 0.3 is 0 Å². The van der Waals surface area contributed by atoms with Crippen LogP contribution in [0.5, 0.6) is 5.75 Å². The summed E-state index contributed by atoms with van der Waals surface area (Å²) in [6, 6.07) is 4.74. The number of hydrogen-bond acceptors (Lipinski definition) is 2. The molecule has 2 aliphatic carbocycles. The molecular formula is C15H20FNO. The summed E-state index contributed by atoms with van der Waals surface area (Å²) in [6.07, 6.45) is 6.79. The zero-order valence-electron chi connectivity index (χ0n) is 10.6. The number of hydrogen-bond donors (Lipinski definition) is 1. The Kier molecular flexibility index (Phi) is 3.02. The molecule has 0 amide bonds. The molecule has 0 aromatic heterocycles. The highest BCUT2D eigenvalue weighted by Crippen LogP contribution is 2.43. The van der Waals surface area contributed by atoms with Crippen molar-refractivity contribution in [3.63, 3.8) is 0 Å². The van der Waals surface area contributed by atoms with Gasteiger partial charge in [-0.1, -0.05) is 6.42 Å².